The molecule has 32 heavy (non-hydrogen) atoms. The number of amidine groups is 1. The molecule has 5 rings (SSSR count). The van der Waals surface area contributed by atoms with E-state index in [4.69, 9.17) is 4.99 Å². The van der Waals surface area contributed by atoms with E-state index in [1.807, 2.05) is 91.9 Å². The average molecular weight is 441 g/mol. The minimum atomic E-state index is -0.301. The second-order valence-corrected chi connectivity index (χ2v) is 8.20. The first-order valence-electron chi connectivity index (χ1n) is 10.3. The van der Waals surface area contributed by atoms with Crippen LogP contribution in [0.1, 0.15) is 12.5 Å². The number of anilines is 2. The maximum Gasteiger partial charge on any atom is 0.286 e. The summed E-state index contributed by atoms with van der Waals surface area (Å²) in [6.07, 6.45) is 0. The molecule has 158 valence electrons. The first-order valence-corrected chi connectivity index (χ1v) is 11.1. The van der Waals surface area contributed by atoms with Crippen molar-refractivity contribution in [3.63, 3.8) is 0 Å². The van der Waals surface area contributed by atoms with Crippen molar-refractivity contribution < 1.29 is 9.59 Å². The van der Waals surface area contributed by atoms with E-state index in [-0.39, 0.29) is 11.8 Å². The van der Waals surface area contributed by atoms with Gasteiger partial charge in [0.15, 0.2) is 5.17 Å². The summed E-state index contributed by atoms with van der Waals surface area (Å²) in [5.74, 6) is -0.463. The van der Waals surface area contributed by atoms with Gasteiger partial charge in [-0.2, -0.15) is 5.01 Å². The molecule has 1 saturated heterocycles. The van der Waals surface area contributed by atoms with Gasteiger partial charge in [0.1, 0.15) is 0 Å². The molecule has 2 amide bonds. The van der Waals surface area contributed by atoms with E-state index >= 15 is 0 Å². The molecular weight excluding hydrogens is 420 g/mol. The molecule has 7 heteroatoms. The van der Waals surface area contributed by atoms with Crippen LogP contribution < -0.4 is 10.3 Å². The minimum absolute atomic E-state index is 0.162. The van der Waals surface area contributed by atoms with Crippen molar-refractivity contribution in [3.05, 3.63) is 95.4 Å². The highest BCUT2D eigenvalue weighted by molar-refractivity contribution is 8.18. The highest BCUT2D eigenvalue weighted by Crippen LogP contribution is 2.44. The number of hydrazine groups is 1. The van der Waals surface area contributed by atoms with E-state index < -0.39 is 0 Å². The van der Waals surface area contributed by atoms with E-state index in [1.165, 1.54) is 16.8 Å². The molecule has 0 saturated carbocycles. The summed E-state index contributed by atoms with van der Waals surface area (Å²) in [4.78, 5) is 33.6. The molecule has 0 bridgehead atoms. The molecule has 0 aliphatic carbocycles. The van der Waals surface area contributed by atoms with Crippen molar-refractivity contribution in [2.24, 2.45) is 4.99 Å². The molecule has 1 fully saturated rings. The first kappa shape index (κ1) is 20.1. The van der Waals surface area contributed by atoms with Gasteiger partial charge in [-0.05, 0) is 49.0 Å². The number of hydrogen-bond donors (Lipinski definition) is 1. The number of fused-ring (bicyclic) bond motifs is 1. The second kappa shape index (κ2) is 8.36. The Kier molecular flexibility index (Phi) is 5.25. The molecular formula is C25H20N4O2S. The monoisotopic (exact) mass is 440 g/mol. The number of carbonyl (C=O) groups excluding carboxylic acids is 2. The van der Waals surface area contributed by atoms with Crippen molar-refractivity contribution >= 4 is 51.4 Å². The number of carbonyl (C=O) groups is 2. The Hall–Kier alpha value is -3.84. The van der Waals surface area contributed by atoms with E-state index in [9.17, 15) is 9.59 Å². The molecule has 6 nitrogen and oxygen atoms in total. The van der Waals surface area contributed by atoms with Gasteiger partial charge in [-0.15, -0.1) is 0 Å². The Balaban J connectivity index is 1.63. The third kappa shape index (κ3) is 3.46. The van der Waals surface area contributed by atoms with Crippen LogP contribution in [-0.4, -0.2) is 28.5 Å². The topological polar surface area (TPSA) is 65.0 Å². The summed E-state index contributed by atoms with van der Waals surface area (Å²) in [5, 5.41) is 1.88. The molecule has 0 unspecified atom stereocenters. The standard InChI is InChI=1S/C25H20N4O2S/c1-2-28-20-16-10-9-15-19(20)21(23(28)30)22-24(31)29(27-18-13-7-4-8-14-18)25(32-22)26-17-11-5-3-6-12-17/h3-16,27H,2H2,1H3/b22-21-,26-25?. The maximum atomic E-state index is 13.6. The van der Waals surface area contributed by atoms with Gasteiger partial charge in [0, 0.05) is 12.1 Å². The number of para-hydroxylation sites is 3. The predicted octanol–water partition coefficient (Wildman–Crippen LogP) is 5.05. The second-order valence-electron chi connectivity index (χ2n) is 7.22. The zero-order valence-electron chi connectivity index (χ0n) is 17.4. The minimum Gasteiger partial charge on any atom is -0.308 e. The Morgan fingerprint density at radius 2 is 1.50 bits per heavy atom. The molecule has 3 aromatic carbocycles. The first-order chi connectivity index (χ1) is 15.7. The highest BCUT2D eigenvalue weighted by atomic mass is 32.2. The predicted molar refractivity (Wildman–Crippen MR) is 129 cm³/mol. The molecule has 1 N–H and O–H groups in total. The van der Waals surface area contributed by atoms with E-state index in [1.54, 1.807) is 4.90 Å². The van der Waals surface area contributed by atoms with Crippen LogP contribution in [0.15, 0.2) is 94.8 Å². The third-order valence-electron chi connectivity index (χ3n) is 5.24. The van der Waals surface area contributed by atoms with E-state index in [2.05, 4.69) is 5.43 Å². The van der Waals surface area contributed by atoms with Crippen molar-refractivity contribution in [1.82, 2.24) is 5.01 Å². The number of amides is 2. The van der Waals surface area contributed by atoms with Crippen molar-refractivity contribution in [3.8, 4) is 0 Å². The maximum absolute atomic E-state index is 13.6. The van der Waals surface area contributed by atoms with Crippen molar-refractivity contribution in [2.45, 2.75) is 6.92 Å². The lowest BCUT2D eigenvalue weighted by Crippen LogP contribution is -2.35. The Labute approximate surface area is 190 Å². The van der Waals surface area contributed by atoms with Crippen molar-refractivity contribution in [1.29, 1.82) is 0 Å². The van der Waals surface area contributed by atoms with Gasteiger partial charge in [0.25, 0.3) is 11.8 Å². The van der Waals surface area contributed by atoms with Crippen molar-refractivity contribution in [2.75, 3.05) is 16.9 Å². The quantitative estimate of drug-likeness (QED) is 0.577. The summed E-state index contributed by atoms with van der Waals surface area (Å²) in [6.45, 7) is 2.46. The summed E-state index contributed by atoms with van der Waals surface area (Å²) in [5.41, 5.74) is 6.65. The third-order valence-corrected chi connectivity index (χ3v) is 6.28. The SMILES string of the molecule is CCN1C(=O)/C(=C2\SC(=Nc3ccccc3)N(Nc3ccccc3)C2=O)c2ccccc21. The van der Waals surface area contributed by atoms with Gasteiger partial charge < -0.3 is 4.90 Å². The van der Waals surface area contributed by atoms with Gasteiger partial charge in [-0.3, -0.25) is 15.0 Å². The van der Waals surface area contributed by atoms with Crippen LogP contribution in [0, 0.1) is 0 Å². The fourth-order valence-electron chi connectivity index (χ4n) is 3.77. The molecule has 0 atom stereocenters. The normalized spacial score (nSPS) is 19.1. The van der Waals surface area contributed by atoms with Gasteiger partial charge >= 0.3 is 0 Å². The number of likely N-dealkylation sites (N-methyl/N-ethyl adjacent to an activating group) is 1. The molecule has 2 heterocycles. The Morgan fingerprint density at radius 1 is 0.844 bits per heavy atom. The van der Waals surface area contributed by atoms with Crippen LogP contribution in [0.3, 0.4) is 0 Å². The smallest absolute Gasteiger partial charge is 0.286 e. The summed E-state index contributed by atoms with van der Waals surface area (Å²) in [6, 6.07) is 26.5. The lowest BCUT2D eigenvalue weighted by Gasteiger charge is -2.18. The van der Waals surface area contributed by atoms with E-state index in [0.717, 1.165) is 22.6 Å². The number of nitrogens with zero attached hydrogens (tertiary/aromatic N) is 3. The van der Waals surface area contributed by atoms with Crippen LogP contribution >= 0.6 is 11.8 Å². The molecule has 2 aliphatic heterocycles. The lowest BCUT2D eigenvalue weighted by molar-refractivity contribution is -0.121. The largest absolute Gasteiger partial charge is 0.308 e. The Morgan fingerprint density at radius 3 is 2.22 bits per heavy atom. The van der Waals surface area contributed by atoms with Gasteiger partial charge in [-0.25, -0.2) is 4.99 Å². The van der Waals surface area contributed by atoms with Crippen LogP contribution in [0.4, 0.5) is 17.1 Å². The van der Waals surface area contributed by atoms with Gasteiger partial charge in [-0.1, -0.05) is 54.6 Å². The number of nitrogens with one attached hydrogen (secondary N) is 1. The van der Waals surface area contributed by atoms with E-state index in [0.29, 0.717) is 22.2 Å². The fraction of sp³-hybridized carbons (Fsp3) is 0.0800. The summed E-state index contributed by atoms with van der Waals surface area (Å²) < 4.78 is 0. The van der Waals surface area contributed by atoms with Crippen LogP contribution in [0.25, 0.3) is 5.57 Å². The van der Waals surface area contributed by atoms with Crippen LogP contribution in [0.2, 0.25) is 0 Å². The zero-order valence-corrected chi connectivity index (χ0v) is 18.2. The fourth-order valence-corrected chi connectivity index (χ4v) is 4.80. The Bertz CT molecular complexity index is 1260. The number of thioether (sulfide) groups is 1. The summed E-state index contributed by atoms with van der Waals surface area (Å²) >= 11 is 1.21. The number of aliphatic imine (C=N–C) groups is 1. The highest BCUT2D eigenvalue weighted by Gasteiger charge is 2.42. The van der Waals surface area contributed by atoms with Crippen LogP contribution in [-0.2, 0) is 9.59 Å². The number of hydrogen-bond acceptors (Lipinski definition) is 5. The number of benzene rings is 3. The number of rotatable bonds is 4. The zero-order chi connectivity index (χ0) is 22.1. The van der Waals surface area contributed by atoms with Gasteiger partial charge in [0.05, 0.1) is 27.5 Å². The van der Waals surface area contributed by atoms with Crippen LogP contribution in [0.5, 0.6) is 0 Å². The molecule has 0 aromatic heterocycles. The molecule has 3 aromatic rings. The molecule has 0 spiro atoms. The van der Waals surface area contributed by atoms with Gasteiger partial charge in [0.2, 0.25) is 0 Å². The average Bonchev–Trinajstić information content (AvgIpc) is 3.28. The summed E-state index contributed by atoms with van der Waals surface area (Å²) in [7, 11) is 0. The lowest BCUT2D eigenvalue weighted by atomic mass is 10.1. The molecule has 0 radical (unpaired) electrons. The molecule has 2 aliphatic rings.